The number of fused-ring (bicyclic) bond motifs is 2. The summed E-state index contributed by atoms with van der Waals surface area (Å²) in [5, 5.41) is 7.67. The zero-order valence-corrected chi connectivity index (χ0v) is 18.1. The summed E-state index contributed by atoms with van der Waals surface area (Å²) in [6.07, 6.45) is 4.01. The van der Waals surface area contributed by atoms with E-state index in [0.29, 0.717) is 37.3 Å². The molecule has 3 aromatic rings. The molecule has 160 valence electrons. The normalized spacial score (nSPS) is 16.6. The van der Waals surface area contributed by atoms with Crippen LogP contribution in [-0.4, -0.2) is 61.2 Å². The van der Waals surface area contributed by atoms with Gasteiger partial charge in [-0.05, 0) is 58.5 Å². The van der Waals surface area contributed by atoms with E-state index in [0.717, 1.165) is 30.0 Å². The molecule has 1 N–H and O–H groups in total. The Bertz CT molecular complexity index is 1140. The molecule has 0 saturated heterocycles. The van der Waals surface area contributed by atoms with Crippen molar-refractivity contribution in [3.05, 3.63) is 51.6 Å². The average Bonchev–Trinajstić information content (AvgIpc) is 3.08. The number of amides is 1. The molecule has 0 aliphatic carbocycles. The number of likely N-dealkylation sites (N-methyl/N-ethyl adjacent to an activating group) is 1. The van der Waals surface area contributed by atoms with E-state index in [1.54, 1.807) is 9.25 Å². The number of imidazole rings is 1. The van der Waals surface area contributed by atoms with Gasteiger partial charge in [-0.15, -0.1) is 0 Å². The van der Waals surface area contributed by atoms with Crippen LogP contribution in [0, 0.1) is 13.8 Å². The van der Waals surface area contributed by atoms with E-state index in [1.165, 1.54) is 0 Å². The lowest BCUT2D eigenvalue weighted by Gasteiger charge is -2.16. The number of nitrogens with zero attached hydrogens (tertiary/aromatic N) is 6. The van der Waals surface area contributed by atoms with Crippen molar-refractivity contribution in [1.82, 2.24) is 33.9 Å². The zero-order chi connectivity index (χ0) is 21.4. The van der Waals surface area contributed by atoms with Crippen molar-refractivity contribution >= 4 is 11.6 Å². The molecule has 0 fully saturated rings. The van der Waals surface area contributed by atoms with Gasteiger partial charge in [0.05, 0.1) is 12.2 Å². The first-order valence-corrected chi connectivity index (χ1v) is 10.4. The van der Waals surface area contributed by atoms with Gasteiger partial charge in [-0.2, -0.15) is 5.10 Å². The standard InChI is InChI=1S/C21H29N7O2/c1-14-7-9-26-18(13-14)22-15(2)19(26)20(29)23-16-5-6-17-24-28(12-11-25(3)4)21(30)27(17)10-8-16/h7,9,13,16H,5-6,8,10-12H2,1-4H3,(H,23,29). The second-order valence-electron chi connectivity index (χ2n) is 8.35. The number of nitrogens with one attached hydrogen (secondary N) is 1. The minimum Gasteiger partial charge on any atom is -0.348 e. The predicted octanol–water partition coefficient (Wildman–Crippen LogP) is 1.01. The number of carbonyl (C=O) groups is 1. The van der Waals surface area contributed by atoms with E-state index in [-0.39, 0.29) is 17.6 Å². The smallest absolute Gasteiger partial charge is 0.345 e. The number of aryl methyl sites for hydroxylation is 3. The third-order valence-corrected chi connectivity index (χ3v) is 5.68. The Morgan fingerprint density at radius 2 is 2.10 bits per heavy atom. The molecule has 1 amide bonds. The lowest BCUT2D eigenvalue weighted by Crippen LogP contribution is -2.37. The highest BCUT2D eigenvalue weighted by molar-refractivity contribution is 5.94. The third-order valence-electron chi connectivity index (χ3n) is 5.68. The molecule has 1 aliphatic heterocycles. The van der Waals surface area contributed by atoms with Gasteiger partial charge < -0.3 is 10.2 Å². The number of carbonyl (C=O) groups excluding carboxylic acids is 1. The average molecular weight is 412 g/mol. The maximum absolute atomic E-state index is 13.0. The fourth-order valence-corrected chi connectivity index (χ4v) is 4.00. The maximum Gasteiger partial charge on any atom is 0.345 e. The molecule has 1 unspecified atom stereocenters. The Hall–Kier alpha value is -2.94. The Morgan fingerprint density at radius 1 is 1.30 bits per heavy atom. The van der Waals surface area contributed by atoms with Crippen LogP contribution in [0.4, 0.5) is 0 Å². The minimum atomic E-state index is -0.128. The van der Waals surface area contributed by atoms with Crippen LogP contribution >= 0.6 is 0 Å². The number of rotatable bonds is 5. The van der Waals surface area contributed by atoms with Gasteiger partial charge in [0, 0.05) is 31.7 Å². The molecule has 0 radical (unpaired) electrons. The Balaban J connectivity index is 1.46. The fraction of sp³-hybridized carbons (Fsp3) is 0.524. The van der Waals surface area contributed by atoms with Gasteiger partial charge in [0.25, 0.3) is 5.91 Å². The minimum absolute atomic E-state index is 0.00998. The maximum atomic E-state index is 13.0. The van der Waals surface area contributed by atoms with E-state index in [1.807, 2.05) is 55.6 Å². The van der Waals surface area contributed by atoms with E-state index in [4.69, 9.17) is 0 Å². The first kappa shape index (κ1) is 20.3. The molecule has 4 heterocycles. The summed E-state index contributed by atoms with van der Waals surface area (Å²) in [6, 6.07) is 3.93. The molecule has 0 aromatic carbocycles. The summed E-state index contributed by atoms with van der Waals surface area (Å²) in [5.74, 6) is 0.675. The van der Waals surface area contributed by atoms with E-state index in [9.17, 15) is 9.59 Å². The van der Waals surface area contributed by atoms with Crippen LogP contribution in [0.15, 0.2) is 23.1 Å². The molecule has 4 rings (SSSR count). The van der Waals surface area contributed by atoms with Gasteiger partial charge in [-0.3, -0.25) is 13.8 Å². The van der Waals surface area contributed by atoms with Gasteiger partial charge in [0.1, 0.15) is 17.2 Å². The summed E-state index contributed by atoms with van der Waals surface area (Å²) in [5.41, 5.74) is 3.10. The molecule has 0 spiro atoms. The predicted molar refractivity (Wildman–Crippen MR) is 114 cm³/mol. The van der Waals surface area contributed by atoms with Crippen LogP contribution in [0.25, 0.3) is 5.65 Å². The molecule has 0 bridgehead atoms. The summed E-state index contributed by atoms with van der Waals surface area (Å²) in [6.45, 7) is 5.78. The lowest BCUT2D eigenvalue weighted by atomic mass is 10.1. The summed E-state index contributed by atoms with van der Waals surface area (Å²) in [7, 11) is 3.96. The van der Waals surface area contributed by atoms with Crippen LogP contribution in [0.3, 0.4) is 0 Å². The van der Waals surface area contributed by atoms with Gasteiger partial charge in [0.2, 0.25) is 0 Å². The van der Waals surface area contributed by atoms with Crippen molar-refractivity contribution in [2.24, 2.45) is 0 Å². The van der Waals surface area contributed by atoms with Crippen LogP contribution < -0.4 is 11.0 Å². The van der Waals surface area contributed by atoms with E-state index >= 15 is 0 Å². The summed E-state index contributed by atoms with van der Waals surface area (Å²) in [4.78, 5) is 32.2. The van der Waals surface area contributed by atoms with Crippen molar-refractivity contribution in [1.29, 1.82) is 0 Å². The first-order valence-electron chi connectivity index (χ1n) is 10.4. The number of aromatic nitrogens is 5. The SMILES string of the molecule is Cc1ccn2c(C(=O)NC3CCc4nn(CCN(C)C)c(=O)n4CC3)c(C)nc2c1. The van der Waals surface area contributed by atoms with Gasteiger partial charge in [0.15, 0.2) is 0 Å². The molecular weight excluding hydrogens is 382 g/mol. The van der Waals surface area contributed by atoms with E-state index < -0.39 is 0 Å². The van der Waals surface area contributed by atoms with Crippen molar-refractivity contribution < 1.29 is 4.79 Å². The monoisotopic (exact) mass is 411 g/mol. The van der Waals surface area contributed by atoms with Crippen molar-refractivity contribution in [3.8, 4) is 0 Å². The third kappa shape index (κ3) is 3.89. The largest absolute Gasteiger partial charge is 0.348 e. The van der Waals surface area contributed by atoms with Gasteiger partial charge in [-0.1, -0.05) is 0 Å². The molecule has 1 aliphatic rings. The van der Waals surface area contributed by atoms with Crippen LogP contribution in [0.5, 0.6) is 0 Å². The second kappa shape index (κ2) is 8.06. The van der Waals surface area contributed by atoms with Crippen LogP contribution in [0.1, 0.15) is 40.4 Å². The van der Waals surface area contributed by atoms with Crippen LogP contribution in [-0.2, 0) is 19.5 Å². The highest BCUT2D eigenvalue weighted by Crippen LogP contribution is 2.16. The molecule has 9 nitrogen and oxygen atoms in total. The molecule has 0 saturated carbocycles. The van der Waals surface area contributed by atoms with E-state index in [2.05, 4.69) is 15.4 Å². The lowest BCUT2D eigenvalue weighted by molar-refractivity contribution is 0.0926. The van der Waals surface area contributed by atoms with Gasteiger partial charge >= 0.3 is 5.69 Å². The topological polar surface area (TPSA) is 89.5 Å². The highest BCUT2D eigenvalue weighted by Gasteiger charge is 2.24. The van der Waals surface area contributed by atoms with Crippen molar-refractivity contribution in [2.45, 2.75) is 52.2 Å². The summed E-state index contributed by atoms with van der Waals surface area (Å²) >= 11 is 0. The Labute approximate surface area is 175 Å². The number of hydrogen-bond acceptors (Lipinski definition) is 5. The quantitative estimate of drug-likeness (QED) is 0.677. The number of pyridine rings is 1. The molecule has 9 heteroatoms. The fourth-order valence-electron chi connectivity index (χ4n) is 4.00. The van der Waals surface area contributed by atoms with Crippen molar-refractivity contribution in [3.63, 3.8) is 0 Å². The van der Waals surface area contributed by atoms with Crippen molar-refractivity contribution in [2.75, 3.05) is 20.6 Å². The Morgan fingerprint density at radius 3 is 2.87 bits per heavy atom. The Kier molecular flexibility index (Phi) is 5.46. The number of hydrogen-bond donors (Lipinski definition) is 1. The molecular formula is C21H29N7O2. The molecule has 1 atom stereocenters. The molecule has 30 heavy (non-hydrogen) atoms. The van der Waals surface area contributed by atoms with Crippen LogP contribution in [0.2, 0.25) is 0 Å². The molecule has 3 aromatic heterocycles. The second-order valence-corrected chi connectivity index (χ2v) is 8.35. The summed E-state index contributed by atoms with van der Waals surface area (Å²) < 4.78 is 5.14. The first-order chi connectivity index (χ1) is 14.3. The van der Waals surface area contributed by atoms with Gasteiger partial charge in [-0.25, -0.2) is 14.5 Å². The zero-order valence-electron chi connectivity index (χ0n) is 18.1. The highest BCUT2D eigenvalue weighted by atomic mass is 16.2.